The van der Waals surface area contributed by atoms with Gasteiger partial charge in [-0.1, -0.05) is 18.2 Å². The number of amides is 2. The van der Waals surface area contributed by atoms with Crippen LogP contribution in [-0.2, 0) is 21.4 Å². The molecule has 1 aromatic heterocycles. The minimum atomic E-state index is -0.594. The lowest BCUT2D eigenvalue weighted by Gasteiger charge is -2.13. The molecule has 0 bridgehead atoms. The lowest BCUT2D eigenvalue weighted by molar-refractivity contribution is -0.149. The Morgan fingerprint density at radius 1 is 1.28 bits per heavy atom. The second-order valence-corrected chi connectivity index (χ2v) is 7.01. The van der Waals surface area contributed by atoms with Crippen molar-refractivity contribution in [2.24, 2.45) is 7.05 Å². The summed E-state index contributed by atoms with van der Waals surface area (Å²) in [5, 5.41) is 0.535. The Morgan fingerprint density at radius 3 is 2.72 bits per heavy atom. The molecule has 7 heteroatoms. The van der Waals surface area contributed by atoms with Crippen molar-refractivity contribution >= 4 is 45.9 Å². The van der Waals surface area contributed by atoms with Gasteiger partial charge in [0.25, 0.3) is 11.1 Å². The zero-order valence-electron chi connectivity index (χ0n) is 14.2. The second kappa shape index (κ2) is 6.76. The molecule has 0 saturated carbocycles. The third kappa shape index (κ3) is 3.46. The number of rotatable bonds is 4. The number of fused-ring (bicyclic) bond motifs is 1. The highest BCUT2D eigenvalue weighted by Crippen LogP contribution is 2.33. The Bertz CT molecular complexity index is 898. The van der Waals surface area contributed by atoms with Crippen molar-refractivity contribution < 1.29 is 19.1 Å². The molecule has 1 fully saturated rings. The zero-order valence-corrected chi connectivity index (χ0v) is 15.0. The number of para-hydroxylation sites is 1. The summed E-state index contributed by atoms with van der Waals surface area (Å²) in [5.74, 6) is -1.06. The summed E-state index contributed by atoms with van der Waals surface area (Å²) >= 11 is 0.837. The number of ether oxygens (including phenoxy) is 1. The van der Waals surface area contributed by atoms with Gasteiger partial charge in [-0.3, -0.25) is 19.3 Å². The number of hydrogen-bond acceptors (Lipinski definition) is 5. The molecule has 6 nitrogen and oxygen atoms in total. The first-order valence-corrected chi connectivity index (χ1v) is 8.67. The van der Waals surface area contributed by atoms with Gasteiger partial charge < -0.3 is 9.30 Å². The number of aromatic nitrogens is 1. The molecule has 1 saturated heterocycles. The molecule has 0 unspecified atom stereocenters. The van der Waals surface area contributed by atoms with Crippen LogP contribution in [0.15, 0.2) is 35.4 Å². The van der Waals surface area contributed by atoms with Gasteiger partial charge >= 0.3 is 5.97 Å². The normalized spacial score (nSPS) is 16.5. The van der Waals surface area contributed by atoms with Crippen LogP contribution in [0.5, 0.6) is 0 Å². The molecule has 2 amide bonds. The molecule has 0 spiro atoms. The average molecular weight is 358 g/mol. The molecule has 1 aliphatic rings. The van der Waals surface area contributed by atoms with Gasteiger partial charge in [-0.05, 0) is 37.8 Å². The van der Waals surface area contributed by atoms with Gasteiger partial charge in [0.05, 0.1) is 11.0 Å². The van der Waals surface area contributed by atoms with Crippen LogP contribution in [0.1, 0.15) is 19.4 Å². The van der Waals surface area contributed by atoms with Gasteiger partial charge in [0, 0.05) is 29.7 Å². The number of benzene rings is 1. The highest BCUT2D eigenvalue weighted by molar-refractivity contribution is 8.18. The summed E-state index contributed by atoms with van der Waals surface area (Å²) < 4.78 is 6.97. The third-order valence-electron chi connectivity index (χ3n) is 3.74. The van der Waals surface area contributed by atoms with E-state index in [0.717, 1.165) is 33.1 Å². The minimum absolute atomic E-state index is 0.293. The number of nitrogens with zero attached hydrogens (tertiary/aromatic N) is 2. The lowest BCUT2D eigenvalue weighted by Crippen LogP contribution is -2.35. The van der Waals surface area contributed by atoms with Gasteiger partial charge in [-0.2, -0.15) is 0 Å². The average Bonchev–Trinajstić information content (AvgIpc) is 2.99. The van der Waals surface area contributed by atoms with E-state index < -0.39 is 17.1 Å². The number of carbonyl (C=O) groups excluding carboxylic acids is 3. The van der Waals surface area contributed by atoms with Crippen LogP contribution in [0, 0.1) is 0 Å². The van der Waals surface area contributed by atoms with E-state index in [1.807, 2.05) is 42.1 Å². The first-order chi connectivity index (χ1) is 11.9. The number of thioether (sulfide) groups is 1. The molecule has 0 aliphatic carbocycles. The van der Waals surface area contributed by atoms with E-state index in [1.54, 1.807) is 19.9 Å². The standard InChI is InChI=1S/C18H18N2O4S/c1-11(2)24-16(21)10-20-17(22)15(25-18(20)23)8-12-9-19(3)14-7-5-4-6-13(12)14/h4-9,11H,10H2,1-3H3/b15-8+. The SMILES string of the molecule is CC(C)OC(=O)CN1C(=O)S/C(=C/c2cn(C)c3ccccc23)C1=O. The smallest absolute Gasteiger partial charge is 0.326 e. The Labute approximate surface area is 149 Å². The fraction of sp³-hybridized carbons (Fsp3) is 0.278. The van der Waals surface area contributed by atoms with Crippen LogP contribution in [0.2, 0.25) is 0 Å². The Morgan fingerprint density at radius 2 is 2.00 bits per heavy atom. The highest BCUT2D eigenvalue weighted by atomic mass is 32.2. The van der Waals surface area contributed by atoms with Crippen molar-refractivity contribution in [2.45, 2.75) is 20.0 Å². The van der Waals surface area contributed by atoms with Crippen molar-refractivity contribution in [3.8, 4) is 0 Å². The predicted molar refractivity (Wildman–Crippen MR) is 96.8 cm³/mol. The molecule has 25 heavy (non-hydrogen) atoms. The summed E-state index contributed by atoms with van der Waals surface area (Å²) in [6.07, 6.45) is 3.31. The second-order valence-electron chi connectivity index (χ2n) is 6.02. The summed E-state index contributed by atoms with van der Waals surface area (Å²) in [5.41, 5.74) is 1.89. The van der Waals surface area contributed by atoms with E-state index in [4.69, 9.17) is 4.74 Å². The number of imide groups is 1. The Hall–Kier alpha value is -2.54. The first-order valence-electron chi connectivity index (χ1n) is 7.85. The van der Waals surface area contributed by atoms with Crippen molar-refractivity contribution in [2.75, 3.05) is 6.54 Å². The zero-order chi connectivity index (χ0) is 18.1. The molecule has 1 aromatic carbocycles. The maximum Gasteiger partial charge on any atom is 0.326 e. The van der Waals surface area contributed by atoms with E-state index in [2.05, 4.69) is 0 Å². The van der Waals surface area contributed by atoms with Gasteiger partial charge in [-0.15, -0.1) is 0 Å². The van der Waals surface area contributed by atoms with Crippen LogP contribution >= 0.6 is 11.8 Å². The maximum atomic E-state index is 12.5. The van der Waals surface area contributed by atoms with E-state index >= 15 is 0 Å². The van der Waals surface area contributed by atoms with E-state index in [1.165, 1.54) is 0 Å². The van der Waals surface area contributed by atoms with E-state index in [-0.39, 0.29) is 12.6 Å². The van der Waals surface area contributed by atoms with E-state index in [9.17, 15) is 14.4 Å². The minimum Gasteiger partial charge on any atom is -0.462 e. The molecule has 130 valence electrons. The Kier molecular flexibility index (Phi) is 4.67. The van der Waals surface area contributed by atoms with Crippen molar-refractivity contribution in [1.29, 1.82) is 0 Å². The number of esters is 1. The topological polar surface area (TPSA) is 68.6 Å². The summed E-state index contributed by atoms with van der Waals surface area (Å²) in [4.78, 5) is 37.5. The van der Waals surface area contributed by atoms with Gasteiger partial charge in [0.1, 0.15) is 6.54 Å². The highest BCUT2D eigenvalue weighted by Gasteiger charge is 2.36. The third-order valence-corrected chi connectivity index (χ3v) is 4.65. The molecule has 2 heterocycles. The number of aryl methyl sites for hydroxylation is 1. The van der Waals surface area contributed by atoms with Crippen LogP contribution in [0.4, 0.5) is 4.79 Å². The van der Waals surface area contributed by atoms with Crippen molar-refractivity contribution in [3.63, 3.8) is 0 Å². The van der Waals surface area contributed by atoms with Gasteiger partial charge in [-0.25, -0.2) is 0 Å². The summed E-state index contributed by atoms with van der Waals surface area (Å²) in [6, 6.07) is 7.82. The molecule has 0 atom stereocenters. The molecule has 2 aromatic rings. The van der Waals surface area contributed by atoms with Crippen LogP contribution < -0.4 is 0 Å². The van der Waals surface area contributed by atoms with Crippen LogP contribution in [0.25, 0.3) is 17.0 Å². The predicted octanol–water partition coefficient (Wildman–Crippen LogP) is 3.17. The van der Waals surface area contributed by atoms with Crippen molar-refractivity contribution in [1.82, 2.24) is 9.47 Å². The molecule has 3 rings (SSSR count). The molecular formula is C18H18N2O4S. The fourth-order valence-electron chi connectivity index (χ4n) is 2.69. The monoisotopic (exact) mass is 358 g/mol. The number of carbonyl (C=O) groups is 3. The quantitative estimate of drug-likeness (QED) is 0.620. The lowest BCUT2D eigenvalue weighted by atomic mass is 10.1. The largest absolute Gasteiger partial charge is 0.462 e. The van der Waals surface area contributed by atoms with Crippen LogP contribution in [0.3, 0.4) is 0 Å². The van der Waals surface area contributed by atoms with Crippen LogP contribution in [-0.4, -0.2) is 39.2 Å². The molecule has 0 radical (unpaired) electrons. The molecule has 1 aliphatic heterocycles. The molecule has 0 N–H and O–H groups in total. The first kappa shape index (κ1) is 17.3. The Balaban J connectivity index is 1.86. The number of hydrogen-bond donors (Lipinski definition) is 0. The van der Waals surface area contributed by atoms with Gasteiger partial charge in [0.2, 0.25) is 0 Å². The van der Waals surface area contributed by atoms with Crippen molar-refractivity contribution in [3.05, 3.63) is 40.9 Å². The van der Waals surface area contributed by atoms with Gasteiger partial charge in [0.15, 0.2) is 0 Å². The summed E-state index contributed by atoms with van der Waals surface area (Å²) in [7, 11) is 1.92. The fourth-order valence-corrected chi connectivity index (χ4v) is 3.52. The molecular weight excluding hydrogens is 340 g/mol. The maximum absolute atomic E-state index is 12.5. The summed E-state index contributed by atoms with van der Waals surface area (Å²) in [6.45, 7) is 3.06. The van der Waals surface area contributed by atoms with E-state index in [0.29, 0.717) is 4.91 Å².